The Hall–Kier alpha value is -1.82. The monoisotopic (exact) mass is 268 g/mol. The van der Waals surface area contributed by atoms with Crippen molar-refractivity contribution < 1.29 is 14.3 Å². The van der Waals surface area contributed by atoms with Crippen LogP contribution in [0.15, 0.2) is 17.9 Å². The summed E-state index contributed by atoms with van der Waals surface area (Å²) in [5, 5.41) is 1.08. The Kier molecular flexibility index (Phi) is 4.91. The van der Waals surface area contributed by atoms with Gasteiger partial charge in [-0.3, -0.25) is 14.5 Å². The number of imide groups is 1. The van der Waals surface area contributed by atoms with Gasteiger partial charge in [-0.15, -0.1) is 11.3 Å². The maximum Gasteiger partial charge on any atom is 0.295 e. The van der Waals surface area contributed by atoms with E-state index in [1.165, 1.54) is 25.5 Å². The lowest BCUT2D eigenvalue weighted by Crippen LogP contribution is -2.27. The molecule has 0 saturated heterocycles. The third-order valence-electron chi connectivity index (χ3n) is 2.24. The summed E-state index contributed by atoms with van der Waals surface area (Å²) in [5.41, 5.74) is 0. The topological polar surface area (TPSA) is 49.9 Å². The van der Waals surface area contributed by atoms with Gasteiger partial charge in [0.15, 0.2) is 5.76 Å². The molecule has 1 aromatic rings. The molecule has 0 unspecified atom stereocenters. The van der Waals surface area contributed by atoms with Crippen LogP contribution in [0.5, 0.6) is 0 Å². The maximum absolute atomic E-state index is 11.7. The molecule has 0 saturated carbocycles. The molecule has 0 bridgehead atoms. The molecule has 0 N–H and O–H groups in total. The summed E-state index contributed by atoms with van der Waals surface area (Å²) in [6.45, 7) is 0. The largest absolute Gasteiger partial charge is 0.491 e. The van der Waals surface area contributed by atoms with Crippen LogP contribution in [0.2, 0.25) is 0 Å². The predicted octanol–water partition coefficient (Wildman–Crippen LogP) is 1.42. The molecule has 1 heterocycles. The van der Waals surface area contributed by atoms with Gasteiger partial charge < -0.3 is 9.64 Å². The van der Waals surface area contributed by atoms with Crippen LogP contribution < -0.4 is 4.90 Å². The predicted molar refractivity (Wildman–Crippen MR) is 72.5 cm³/mol. The third-order valence-corrected chi connectivity index (χ3v) is 3.44. The summed E-state index contributed by atoms with van der Waals surface area (Å²) in [5.74, 6) is -0.330. The normalized spacial score (nSPS) is 11.0. The quantitative estimate of drug-likeness (QED) is 0.460. The number of nitrogens with zero attached hydrogens (tertiary/aromatic N) is 2. The molecule has 5 nitrogen and oxygen atoms in total. The van der Waals surface area contributed by atoms with Crippen molar-refractivity contribution in [1.29, 1.82) is 0 Å². The second-order valence-electron chi connectivity index (χ2n) is 3.80. The van der Waals surface area contributed by atoms with Gasteiger partial charge in [-0.25, -0.2) is 0 Å². The van der Waals surface area contributed by atoms with Gasteiger partial charge in [0.1, 0.15) is 0 Å². The fourth-order valence-corrected chi connectivity index (χ4v) is 2.08. The van der Waals surface area contributed by atoms with Gasteiger partial charge >= 0.3 is 0 Å². The van der Waals surface area contributed by atoms with Crippen molar-refractivity contribution in [3.8, 4) is 0 Å². The molecule has 18 heavy (non-hydrogen) atoms. The van der Waals surface area contributed by atoms with E-state index in [4.69, 9.17) is 4.74 Å². The molecule has 0 fully saturated rings. The minimum Gasteiger partial charge on any atom is -0.491 e. The first-order chi connectivity index (χ1) is 8.49. The smallest absolute Gasteiger partial charge is 0.295 e. The molecular weight excluding hydrogens is 252 g/mol. The maximum atomic E-state index is 11.7. The number of amides is 2. The molecule has 98 valence electrons. The Morgan fingerprint density at radius 1 is 1.33 bits per heavy atom. The van der Waals surface area contributed by atoms with Gasteiger partial charge in [0.25, 0.3) is 5.91 Å². The highest BCUT2D eigenvalue weighted by Gasteiger charge is 2.15. The van der Waals surface area contributed by atoms with Crippen LogP contribution >= 0.6 is 11.3 Å². The summed E-state index contributed by atoms with van der Waals surface area (Å²) in [6, 6.07) is 3.85. The van der Waals surface area contributed by atoms with Crippen molar-refractivity contribution >= 4 is 34.7 Å². The fourth-order valence-electron chi connectivity index (χ4n) is 1.22. The lowest BCUT2D eigenvalue weighted by atomic mass is 10.3. The zero-order valence-electron chi connectivity index (χ0n) is 10.8. The number of likely N-dealkylation sites (N-methyl/N-ethyl adjacent to an activating group) is 1. The molecule has 1 aromatic heterocycles. The van der Waals surface area contributed by atoms with Crippen molar-refractivity contribution in [2.75, 3.05) is 33.2 Å². The Balaban J connectivity index is 2.96. The Morgan fingerprint density at radius 3 is 2.44 bits per heavy atom. The number of carbonyl (C=O) groups is 2. The molecule has 0 atom stereocenters. The average Bonchev–Trinajstić information content (AvgIpc) is 2.82. The van der Waals surface area contributed by atoms with E-state index >= 15 is 0 Å². The molecule has 2 amide bonds. The standard InChI is InChI=1S/C12H16N2O3S/c1-13(2)11-6-5-9(18-11)7-10(17-4)12(16)14(3)8-15/h5-8H,1-4H3/b10-7-. The van der Waals surface area contributed by atoms with E-state index in [1.807, 2.05) is 31.1 Å². The number of ether oxygens (including phenoxy) is 1. The highest BCUT2D eigenvalue weighted by molar-refractivity contribution is 7.16. The first kappa shape index (κ1) is 14.2. The van der Waals surface area contributed by atoms with Crippen LogP contribution in [0.25, 0.3) is 6.08 Å². The van der Waals surface area contributed by atoms with Gasteiger partial charge in [0.2, 0.25) is 6.41 Å². The van der Waals surface area contributed by atoms with Crippen LogP contribution in [-0.4, -0.2) is 45.5 Å². The Labute approximate surface area is 110 Å². The summed E-state index contributed by atoms with van der Waals surface area (Å²) in [7, 11) is 6.69. The molecular formula is C12H16N2O3S. The highest BCUT2D eigenvalue weighted by atomic mass is 32.1. The molecule has 0 aliphatic rings. The van der Waals surface area contributed by atoms with E-state index < -0.39 is 5.91 Å². The van der Waals surface area contributed by atoms with Gasteiger partial charge in [-0.1, -0.05) is 0 Å². The van der Waals surface area contributed by atoms with Gasteiger partial charge in [-0.05, 0) is 12.1 Å². The van der Waals surface area contributed by atoms with Crippen LogP contribution in [0.1, 0.15) is 4.88 Å². The van der Waals surface area contributed by atoms with E-state index in [0.29, 0.717) is 6.41 Å². The lowest BCUT2D eigenvalue weighted by molar-refractivity contribution is -0.135. The Morgan fingerprint density at radius 2 is 2.00 bits per heavy atom. The van der Waals surface area contributed by atoms with Gasteiger partial charge in [0, 0.05) is 32.1 Å². The molecule has 0 aromatic carbocycles. The average molecular weight is 268 g/mol. The lowest BCUT2D eigenvalue weighted by Gasteiger charge is -2.10. The van der Waals surface area contributed by atoms with Crippen molar-refractivity contribution in [3.05, 3.63) is 22.8 Å². The zero-order valence-corrected chi connectivity index (χ0v) is 11.7. The molecule has 0 spiro atoms. The second-order valence-corrected chi connectivity index (χ2v) is 4.90. The van der Waals surface area contributed by atoms with Crippen LogP contribution in [-0.2, 0) is 14.3 Å². The fraction of sp³-hybridized carbons (Fsp3) is 0.333. The minimum atomic E-state index is -0.465. The van der Waals surface area contributed by atoms with Gasteiger partial charge in [0.05, 0.1) is 12.1 Å². The van der Waals surface area contributed by atoms with Crippen molar-refractivity contribution in [1.82, 2.24) is 4.90 Å². The van der Waals surface area contributed by atoms with Crippen LogP contribution in [0.4, 0.5) is 5.00 Å². The minimum absolute atomic E-state index is 0.136. The van der Waals surface area contributed by atoms with Crippen molar-refractivity contribution in [3.63, 3.8) is 0 Å². The highest BCUT2D eigenvalue weighted by Crippen LogP contribution is 2.26. The number of rotatable bonds is 5. The summed E-state index contributed by atoms with van der Waals surface area (Å²) >= 11 is 1.53. The van der Waals surface area contributed by atoms with Crippen molar-refractivity contribution in [2.45, 2.75) is 0 Å². The van der Waals surface area contributed by atoms with Gasteiger partial charge in [-0.2, -0.15) is 0 Å². The third kappa shape index (κ3) is 3.33. The molecule has 6 heteroatoms. The van der Waals surface area contributed by atoms with E-state index in [0.717, 1.165) is 14.8 Å². The summed E-state index contributed by atoms with van der Waals surface area (Å²) in [6.07, 6.45) is 2.08. The molecule has 0 aliphatic carbocycles. The van der Waals surface area contributed by atoms with E-state index in [-0.39, 0.29) is 5.76 Å². The number of methoxy groups -OCH3 is 1. The Bertz CT molecular complexity index is 466. The number of hydrogen-bond acceptors (Lipinski definition) is 5. The second kappa shape index (κ2) is 6.20. The number of thiophene rings is 1. The first-order valence-corrected chi connectivity index (χ1v) is 6.06. The molecule has 0 radical (unpaired) electrons. The van der Waals surface area contributed by atoms with Crippen molar-refractivity contribution in [2.24, 2.45) is 0 Å². The first-order valence-electron chi connectivity index (χ1n) is 5.25. The zero-order chi connectivity index (χ0) is 13.7. The number of hydrogen-bond donors (Lipinski definition) is 0. The summed E-state index contributed by atoms with van der Waals surface area (Å²) in [4.78, 5) is 26.1. The number of anilines is 1. The SMILES string of the molecule is CO/C(=C\c1ccc(N(C)C)s1)C(=O)N(C)C=O. The van der Waals surface area contributed by atoms with E-state index in [9.17, 15) is 9.59 Å². The van der Waals surface area contributed by atoms with E-state index in [1.54, 1.807) is 6.08 Å². The van der Waals surface area contributed by atoms with Crippen LogP contribution in [0.3, 0.4) is 0 Å². The van der Waals surface area contributed by atoms with Crippen LogP contribution in [0, 0.1) is 0 Å². The number of carbonyl (C=O) groups excluding carboxylic acids is 2. The van der Waals surface area contributed by atoms with E-state index in [2.05, 4.69) is 0 Å². The summed E-state index contributed by atoms with van der Waals surface area (Å²) < 4.78 is 5.01. The molecule has 1 rings (SSSR count). The molecule has 0 aliphatic heterocycles.